The Hall–Kier alpha value is -3.12. The van der Waals surface area contributed by atoms with Gasteiger partial charge in [-0.3, -0.25) is 4.79 Å². The first-order valence-electron chi connectivity index (χ1n) is 9.74. The zero-order valence-corrected chi connectivity index (χ0v) is 18.0. The fourth-order valence-electron chi connectivity index (χ4n) is 3.09. The summed E-state index contributed by atoms with van der Waals surface area (Å²) in [6.07, 6.45) is 0. The molecule has 0 fully saturated rings. The molecule has 6 heteroatoms. The van der Waals surface area contributed by atoms with Gasteiger partial charge in [0.1, 0.15) is 0 Å². The van der Waals surface area contributed by atoms with Crippen LogP contribution in [-0.4, -0.2) is 21.9 Å². The van der Waals surface area contributed by atoms with Crippen molar-refractivity contribution >= 4 is 34.1 Å². The van der Waals surface area contributed by atoms with Crippen molar-refractivity contribution in [1.29, 1.82) is 0 Å². The molecule has 1 heterocycles. The van der Waals surface area contributed by atoms with Crippen LogP contribution in [0.2, 0.25) is 0 Å². The van der Waals surface area contributed by atoms with Crippen molar-refractivity contribution in [3.05, 3.63) is 72.3 Å². The number of nitrogens with one attached hydrogen (secondary N) is 1. The maximum Gasteiger partial charge on any atom is 0.277 e. The van der Waals surface area contributed by atoms with Gasteiger partial charge in [-0.1, -0.05) is 75.0 Å². The van der Waals surface area contributed by atoms with Gasteiger partial charge in [0, 0.05) is 11.3 Å². The van der Waals surface area contributed by atoms with E-state index < -0.39 is 0 Å². The summed E-state index contributed by atoms with van der Waals surface area (Å²) >= 11 is 1.22. The van der Waals surface area contributed by atoms with Crippen molar-refractivity contribution < 1.29 is 9.21 Å². The van der Waals surface area contributed by atoms with Crippen molar-refractivity contribution in [1.82, 2.24) is 10.2 Å². The number of nitrogens with zero attached hydrogens (tertiary/aromatic N) is 2. The van der Waals surface area contributed by atoms with Crippen LogP contribution in [0.25, 0.3) is 22.2 Å². The molecule has 1 amide bonds. The maximum absolute atomic E-state index is 12.3. The molecule has 4 rings (SSSR count). The molecule has 0 aliphatic heterocycles. The number of anilines is 1. The summed E-state index contributed by atoms with van der Waals surface area (Å²) in [5.74, 6) is 0.523. The molecular weight excluding hydrogens is 394 g/mol. The Morgan fingerprint density at radius 2 is 1.70 bits per heavy atom. The molecule has 1 aromatic heterocycles. The van der Waals surface area contributed by atoms with Crippen LogP contribution >= 0.6 is 11.8 Å². The van der Waals surface area contributed by atoms with Gasteiger partial charge >= 0.3 is 0 Å². The van der Waals surface area contributed by atoms with E-state index in [1.54, 1.807) is 0 Å². The van der Waals surface area contributed by atoms with Gasteiger partial charge in [-0.25, -0.2) is 0 Å². The molecule has 0 bridgehead atoms. The number of aromatic nitrogens is 2. The molecule has 0 radical (unpaired) electrons. The highest BCUT2D eigenvalue weighted by Gasteiger charge is 2.15. The number of amides is 1. The average molecular weight is 418 g/mol. The van der Waals surface area contributed by atoms with E-state index >= 15 is 0 Å². The zero-order chi connectivity index (χ0) is 21.1. The second kappa shape index (κ2) is 8.32. The minimum Gasteiger partial charge on any atom is -0.411 e. The largest absolute Gasteiger partial charge is 0.411 e. The quantitative estimate of drug-likeness (QED) is 0.408. The summed E-state index contributed by atoms with van der Waals surface area (Å²) in [5, 5.41) is 13.7. The molecule has 5 nitrogen and oxygen atoms in total. The summed E-state index contributed by atoms with van der Waals surface area (Å²) in [5.41, 5.74) is 2.96. The smallest absolute Gasteiger partial charge is 0.277 e. The third-order valence-corrected chi connectivity index (χ3v) is 5.58. The number of carbonyl (C=O) groups excluding carboxylic acids is 1. The van der Waals surface area contributed by atoms with Crippen LogP contribution in [0.1, 0.15) is 26.3 Å². The Kier molecular flexibility index (Phi) is 5.59. The van der Waals surface area contributed by atoms with Crippen molar-refractivity contribution in [3.8, 4) is 11.5 Å². The fourth-order valence-corrected chi connectivity index (χ4v) is 3.65. The standard InChI is InChI=1S/C24H23N3O2S/c1-24(2,3)19-11-8-17(9-12-19)22-26-27-23(29-22)30-15-21(28)25-20-13-10-16-6-4-5-7-18(16)14-20/h4-14H,15H2,1-3H3,(H,25,28). The van der Waals surface area contributed by atoms with Crippen LogP contribution in [0.4, 0.5) is 5.69 Å². The lowest BCUT2D eigenvalue weighted by Crippen LogP contribution is -2.13. The SMILES string of the molecule is CC(C)(C)c1ccc(-c2nnc(SCC(=O)Nc3ccc4ccccc4c3)o2)cc1. The molecule has 0 saturated carbocycles. The third kappa shape index (κ3) is 4.71. The topological polar surface area (TPSA) is 68.0 Å². The second-order valence-electron chi connectivity index (χ2n) is 8.10. The van der Waals surface area contributed by atoms with Crippen LogP contribution in [-0.2, 0) is 10.2 Å². The van der Waals surface area contributed by atoms with E-state index in [0.29, 0.717) is 11.1 Å². The number of carbonyl (C=O) groups is 1. The molecule has 0 atom stereocenters. The molecule has 0 aliphatic rings. The molecule has 1 N–H and O–H groups in total. The van der Waals surface area contributed by atoms with Gasteiger partial charge in [-0.05, 0) is 46.0 Å². The van der Waals surface area contributed by atoms with Gasteiger partial charge in [0.2, 0.25) is 11.8 Å². The molecule has 4 aromatic rings. The molecule has 152 valence electrons. The predicted molar refractivity (Wildman–Crippen MR) is 122 cm³/mol. The van der Waals surface area contributed by atoms with Crippen LogP contribution < -0.4 is 5.32 Å². The number of hydrogen-bond donors (Lipinski definition) is 1. The van der Waals surface area contributed by atoms with E-state index in [0.717, 1.165) is 22.0 Å². The van der Waals surface area contributed by atoms with Gasteiger partial charge in [0.15, 0.2) is 0 Å². The average Bonchev–Trinajstić information content (AvgIpc) is 3.21. The molecule has 3 aromatic carbocycles. The molecule has 0 aliphatic carbocycles. The van der Waals surface area contributed by atoms with E-state index in [4.69, 9.17) is 4.42 Å². The summed E-state index contributed by atoms with van der Waals surface area (Å²) in [6, 6.07) is 22.0. The first kappa shape index (κ1) is 20.2. The highest BCUT2D eigenvalue weighted by molar-refractivity contribution is 7.99. The first-order chi connectivity index (χ1) is 14.4. The Balaban J connectivity index is 1.36. The van der Waals surface area contributed by atoms with E-state index in [1.165, 1.54) is 17.3 Å². The zero-order valence-electron chi connectivity index (χ0n) is 17.2. The van der Waals surface area contributed by atoms with Gasteiger partial charge in [0.05, 0.1) is 5.75 Å². The minimum absolute atomic E-state index is 0.0901. The number of thioether (sulfide) groups is 1. The Morgan fingerprint density at radius 1 is 0.967 bits per heavy atom. The minimum atomic E-state index is -0.121. The summed E-state index contributed by atoms with van der Waals surface area (Å²) in [7, 11) is 0. The first-order valence-corrected chi connectivity index (χ1v) is 10.7. The van der Waals surface area contributed by atoms with Crippen LogP contribution in [0.15, 0.2) is 76.4 Å². The van der Waals surface area contributed by atoms with Gasteiger partial charge in [-0.15, -0.1) is 10.2 Å². The van der Waals surface area contributed by atoms with Crippen molar-refractivity contribution in [2.24, 2.45) is 0 Å². The van der Waals surface area contributed by atoms with E-state index in [2.05, 4.69) is 48.4 Å². The lowest BCUT2D eigenvalue weighted by Gasteiger charge is -2.18. The molecular formula is C24H23N3O2S. The number of rotatable bonds is 5. The predicted octanol–water partition coefficient (Wildman–Crippen LogP) is 5.92. The Morgan fingerprint density at radius 3 is 2.43 bits per heavy atom. The number of fused-ring (bicyclic) bond motifs is 1. The Bertz CT molecular complexity index is 1180. The fraction of sp³-hybridized carbons (Fsp3) is 0.208. The monoisotopic (exact) mass is 417 g/mol. The van der Waals surface area contributed by atoms with E-state index in [-0.39, 0.29) is 17.1 Å². The molecule has 0 unspecified atom stereocenters. The summed E-state index contributed by atoms with van der Waals surface area (Å²) in [6.45, 7) is 6.52. The molecule has 30 heavy (non-hydrogen) atoms. The molecule has 0 spiro atoms. The summed E-state index contributed by atoms with van der Waals surface area (Å²) < 4.78 is 5.71. The number of benzene rings is 3. The van der Waals surface area contributed by atoms with Gasteiger partial charge in [0.25, 0.3) is 5.22 Å². The normalized spacial score (nSPS) is 11.6. The lowest BCUT2D eigenvalue weighted by molar-refractivity contribution is -0.113. The highest BCUT2D eigenvalue weighted by atomic mass is 32.2. The van der Waals surface area contributed by atoms with Crippen LogP contribution in [0, 0.1) is 0 Å². The van der Waals surface area contributed by atoms with Gasteiger partial charge < -0.3 is 9.73 Å². The summed E-state index contributed by atoms with van der Waals surface area (Å²) in [4.78, 5) is 12.3. The van der Waals surface area contributed by atoms with Crippen molar-refractivity contribution in [3.63, 3.8) is 0 Å². The lowest BCUT2D eigenvalue weighted by atomic mass is 9.87. The number of hydrogen-bond acceptors (Lipinski definition) is 5. The van der Waals surface area contributed by atoms with Crippen LogP contribution in [0.5, 0.6) is 0 Å². The van der Waals surface area contributed by atoms with Crippen LogP contribution in [0.3, 0.4) is 0 Å². The van der Waals surface area contributed by atoms with E-state index in [9.17, 15) is 4.79 Å². The second-order valence-corrected chi connectivity index (χ2v) is 9.03. The van der Waals surface area contributed by atoms with Crippen molar-refractivity contribution in [2.45, 2.75) is 31.4 Å². The van der Waals surface area contributed by atoms with Gasteiger partial charge in [-0.2, -0.15) is 0 Å². The maximum atomic E-state index is 12.3. The Labute approximate surface area is 179 Å². The third-order valence-electron chi connectivity index (χ3n) is 4.76. The van der Waals surface area contributed by atoms with Crippen molar-refractivity contribution in [2.75, 3.05) is 11.1 Å². The molecule has 0 saturated heterocycles. The van der Waals surface area contributed by atoms with E-state index in [1.807, 2.05) is 54.6 Å². The highest BCUT2D eigenvalue weighted by Crippen LogP contribution is 2.27.